The molecule has 2 rings (SSSR count). The Labute approximate surface area is 108 Å². The fraction of sp³-hybridized carbons (Fsp3) is 0.571. The molecule has 2 atom stereocenters. The summed E-state index contributed by atoms with van der Waals surface area (Å²) in [5, 5.41) is 10.6. The van der Waals surface area contributed by atoms with E-state index < -0.39 is 0 Å². The molecule has 0 saturated carbocycles. The fourth-order valence-corrected chi connectivity index (χ4v) is 2.81. The fourth-order valence-electron chi connectivity index (χ4n) is 2.81. The second kappa shape index (κ2) is 5.48. The number of nitrogens with zero attached hydrogens (tertiary/aromatic N) is 2. The van der Waals surface area contributed by atoms with Crippen LogP contribution in [0.1, 0.15) is 38.2 Å². The molecule has 4 nitrogen and oxygen atoms in total. The lowest BCUT2D eigenvalue weighted by molar-refractivity contribution is -0.384. The Morgan fingerprint density at radius 2 is 2.06 bits per heavy atom. The molecular formula is C14H20N2O2. The van der Waals surface area contributed by atoms with Crippen LogP contribution in [0.2, 0.25) is 0 Å². The normalized spacial score (nSPS) is 24.3. The molecule has 0 bridgehead atoms. The van der Waals surface area contributed by atoms with E-state index in [1.54, 1.807) is 12.1 Å². The van der Waals surface area contributed by atoms with Crippen molar-refractivity contribution in [2.45, 2.75) is 38.6 Å². The molecule has 1 aliphatic heterocycles. The van der Waals surface area contributed by atoms with Crippen molar-refractivity contribution in [1.82, 2.24) is 4.90 Å². The minimum Gasteiger partial charge on any atom is -0.300 e. The van der Waals surface area contributed by atoms with Crippen LogP contribution < -0.4 is 0 Å². The maximum absolute atomic E-state index is 10.6. The number of nitro benzene ring substituents is 1. The maximum Gasteiger partial charge on any atom is 0.269 e. The van der Waals surface area contributed by atoms with Crippen LogP contribution in [0.25, 0.3) is 0 Å². The SMILES string of the molecule is CCCN1C[C@H](c2ccc([N+](=O)[O-])cc2)C[C@H]1C. The number of nitro groups is 1. The maximum atomic E-state index is 10.6. The summed E-state index contributed by atoms with van der Waals surface area (Å²) < 4.78 is 0. The van der Waals surface area contributed by atoms with Crippen LogP contribution in [0.3, 0.4) is 0 Å². The molecule has 0 unspecified atom stereocenters. The number of rotatable bonds is 4. The smallest absolute Gasteiger partial charge is 0.269 e. The molecule has 0 spiro atoms. The molecule has 1 heterocycles. The Balaban J connectivity index is 2.06. The largest absolute Gasteiger partial charge is 0.300 e. The summed E-state index contributed by atoms with van der Waals surface area (Å²) in [5.74, 6) is 0.521. The zero-order chi connectivity index (χ0) is 13.1. The standard InChI is InChI=1S/C14H20N2O2/c1-3-8-15-10-13(9-11(15)2)12-4-6-14(7-5-12)16(17)18/h4-7,11,13H,3,8-10H2,1-2H3/t11-,13-/m1/s1. The van der Waals surface area contributed by atoms with Crippen molar-refractivity contribution < 1.29 is 4.92 Å². The van der Waals surface area contributed by atoms with Crippen LogP contribution in [0, 0.1) is 10.1 Å². The van der Waals surface area contributed by atoms with E-state index in [2.05, 4.69) is 18.7 Å². The molecule has 1 fully saturated rings. The summed E-state index contributed by atoms with van der Waals surface area (Å²) in [4.78, 5) is 12.8. The lowest BCUT2D eigenvalue weighted by Crippen LogP contribution is -2.27. The van der Waals surface area contributed by atoms with Gasteiger partial charge in [0.2, 0.25) is 0 Å². The average molecular weight is 248 g/mol. The lowest BCUT2D eigenvalue weighted by atomic mass is 9.96. The third kappa shape index (κ3) is 2.70. The molecule has 0 radical (unpaired) electrons. The van der Waals surface area contributed by atoms with E-state index in [0.717, 1.165) is 19.5 Å². The van der Waals surface area contributed by atoms with E-state index in [1.165, 1.54) is 12.0 Å². The van der Waals surface area contributed by atoms with Gasteiger partial charge in [-0.05, 0) is 37.8 Å². The second-order valence-electron chi connectivity index (χ2n) is 5.13. The Hall–Kier alpha value is -1.42. The Bertz CT molecular complexity index is 416. The Morgan fingerprint density at radius 1 is 1.39 bits per heavy atom. The van der Waals surface area contributed by atoms with Crippen LogP contribution in [0.15, 0.2) is 24.3 Å². The highest BCUT2D eigenvalue weighted by Crippen LogP contribution is 2.32. The molecule has 0 amide bonds. The van der Waals surface area contributed by atoms with Crippen LogP contribution in [-0.2, 0) is 0 Å². The predicted octanol–water partition coefficient (Wildman–Crippen LogP) is 3.18. The van der Waals surface area contributed by atoms with Crippen molar-refractivity contribution in [3.8, 4) is 0 Å². The van der Waals surface area contributed by atoms with Gasteiger partial charge in [0, 0.05) is 24.7 Å². The summed E-state index contributed by atoms with van der Waals surface area (Å²) in [7, 11) is 0. The lowest BCUT2D eigenvalue weighted by Gasteiger charge is -2.19. The van der Waals surface area contributed by atoms with Gasteiger partial charge in [0.15, 0.2) is 0 Å². The van der Waals surface area contributed by atoms with Crippen molar-refractivity contribution in [1.29, 1.82) is 0 Å². The molecule has 1 saturated heterocycles. The monoisotopic (exact) mass is 248 g/mol. The Morgan fingerprint density at radius 3 is 2.61 bits per heavy atom. The van der Waals surface area contributed by atoms with Gasteiger partial charge in [-0.1, -0.05) is 19.1 Å². The second-order valence-corrected chi connectivity index (χ2v) is 5.13. The number of hydrogen-bond donors (Lipinski definition) is 0. The molecule has 0 aromatic heterocycles. The summed E-state index contributed by atoms with van der Waals surface area (Å²) >= 11 is 0. The highest BCUT2D eigenvalue weighted by atomic mass is 16.6. The van der Waals surface area contributed by atoms with Gasteiger partial charge in [-0.2, -0.15) is 0 Å². The van der Waals surface area contributed by atoms with Crippen molar-refractivity contribution in [3.63, 3.8) is 0 Å². The van der Waals surface area contributed by atoms with Crippen LogP contribution in [0.5, 0.6) is 0 Å². The predicted molar refractivity (Wildman–Crippen MR) is 71.8 cm³/mol. The quantitative estimate of drug-likeness (QED) is 0.607. The van der Waals surface area contributed by atoms with Crippen LogP contribution >= 0.6 is 0 Å². The van der Waals surface area contributed by atoms with Gasteiger partial charge < -0.3 is 4.90 Å². The van der Waals surface area contributed by atoms with Crippen molar-refractivity contribution in [2.75, 3.05) is 13.1 Å². The number of benzene rings is 1. The first kappa shape index (κ1) is 13.0. The first-order valence-corrected chi connectivity index (χ1v) is 6.60. The third-order valence-electron chi connectivity index (χ3n) is 3.79. The molecule has 0 N–H and O–H groups in total. The van der Waals surface area contributed by atoms with E-state index in [0.29, 0.717) is 12.0 Å². The van der Waals surface area contributed by atoms with Gasteiger partial charge in [0.1, 0.15) is 0 Å². The van der Waals surface area contributed by atoms with Gasteiger partial charge in [-0.3, -0.25) is 10.1 Å². The van der Waals surface area contributed by atoms with Gasteiger partial charge in [-0.15, -0.1) is 0 Å². The zero-order valence-electron chi connectivity index (χ0n) is 11.0. The van der Waals surface area contributed by atoms with Gasteiger partial charge in [-0.25, -0.2) is 0 Å². The summed E-state index contributed by atoms with van der Waals surface area (Å²) in [5.41, 5.74) is 1.40. The first-order chi connectivity index (χ1) is 8.61. The average Bonchev–Trinajstić information content (AvgIpc) is 2.72. The van der Waals surface area contributed by atoms with E-state index in [1.807, 2.05) is 12.1 Å². The van der Waals surface area contributed by atoms with E-state index in [9.17, 15) is 10.1 Å². The minimum absolute atomic E-state index is 0.176. The van der Waals surface area contributed by atoms with Crippen LogP contribution in [-0.4, -0.2) is 29.0 Å². The van der Waals surface area contributed by atoms with Gasteiger partial charge >= 0.3 is 0 Å². The highest BCUT2D eigenvalue weighted by molar-refractivity contribution is 5.35. The van der Waals surface area contributed by atoms with Crippen molar-refractivity contribution >= 4 is 5.69 Å². The molecule has 18 heavy (non-hydrogen) atoms. The molecule has 1 aromatic rings. The third-order valence-corrected chi connectivity index (χ3v) is 3.79. The van der Waals surface area contributed by atoms with E-state index in [-0.39, 0.29) is 10.6 Å². The number of hydrogen-bond acceptors (Lipinski definition) is 3. The molecule has 1 aliphatic rings. The molecule has 0 aliphatic carbocycles. The first-order valence-electron chi connectivity index (χ1n) is 6.60. The zero-order valence-corrected chi connectivity index (χ0v) is 11.0. The number of likely N-dealkylation sites (tertiary alicyclic amines) is 1. The topological polar surface area (TPSA) is 46.4 Å². The Kier molecular flexibility index (Phi) is 3.97. The molecule has 4 heteroatoms. The summed E-state index contributed by atoms with van der Waals surface area (Å²) in [6.45, 7) is 6.68. The molecule has 1 aromatic carbocycles. The van der Waals surface area contributed by atoms with Gasteiger partial charge in [0.25, 0.3) is 5.69 Å². The summed E-state index contributed by atoms with van der Waals surface area (Å²) in [6, 6.07) is 7.66. The van der Waals surface area contributed by atoms with E-state index in [4.69, 9.17) is 0 Å². The highest BCUT2D eigenvalue weighted by Gasteiger charge is 2.29. The summed E-state index contributed by atoms with van der Waals surface area (Å²) in [6.07, 6.45) is 2.33. The van der Waals surface area contributed by atoms with Crippen molar-refractivity contribution in [3.05, 3.63) is 39.9 Å². The van der Waals surface area contributed by atoms with Gasteiger partial charge in [0.05, 0.1) is 4.92 Å². The van der Waals surface area contributed by atoms with E-state index >= 15 is 0 Å². The minimum atomic E-state index is -0.343. The molecule has 98 valence electrons. The van der Waals surface area contributed by atoms with Crippen LogP contribution in [0.4, 0.5) is 5.69 Å². The van der Waals surface area contributed by atoms with Crippen molar-refractivity contribution in [2.24, 2.45) is 0 Å². The molecular weight excluding hydrogens is 228 g/mol. The number of non-ortho nitro benzene ring substituents is 1.